The lowest BCUT2D eigenvalue weighted by Gasteiger charge is -2.19. The number of ether oxygens (including phenoxy) is 1. The van der Waals surface area contributed by atoms with Crippen molar-refractivity contribution >= 4 is 6.09 Å². The lowest BCUT2D eigenvalue weighted by molar-refractivity contribution is 0.132. The molecular formula is C23H20FNO3. The molecule has 0 heterocycles. The summed E-state index contributed by atoms with van der Waals surface area (Å²) in [6, 6.07) is 21.3. The van der Waals surface area contributed by atoms with Gasteiger partial charge in [-0.25, -0.2) is 9.18 Å². The number of aliphatic hydroxyl groups excluding tert-OH is 1. The third kappa shape index (κ3) is 3.37. The monoisotopic (exact) mass is 377 g/mol. The number of amides is 1. The molecule has 0 saturated heterocycles. The highest BCUT2D eigenvalue weighted by Crippen LogP contribution is 2.44. The second-order valence-electron chi connectivity index (χ2n) is 6.73. The molecule has 142 valence electrons. The Labute approximate surface area is 162 Å². The van der Waals surface area contributed by atoms with Gasteiger partial charge >= 0.3 is 6.09 Å². The third-order valence-corrected chi connectivity index (χ3v) is 5.10. The average molecular weight is 377 g/mol. The predicted molar refractivity (Wildman–Crippen MR) is 104 cm³/mol. The van der Waals surface area contributed by atoms with Crippen molar-refractivity contribution in [3.63, 3.8) is 0 Å². The van der Waals surface area contributed by atoms with E-state index in [1.807, 2.05) is 36.4 Å². The Kier molecular flexibility index (Phi) is 5.08. The van der Waals surface area contributed by atoms with Gasteiger partial charge in [0.25, 0.3) is 0 Å². The fourth-order valence-electron chi connectivity index (χ4n) is 3.76. The van der Waals surface area contributed by atoms with Crippen LogP contribution in [0.25, 0.3) is 11.1 Å². The summed E-state index contributed by atoms with van der Waals surface area (Å²) < 4.78 is 19.4. The van der Waals surface area contributed by atoms with Crippen LogP contribution in [0.5, 0.6) is 0 Å². The van der Waals surface area contributed by atoms with Crippen molar-refractivity contribution in [2.24, 2.45) is 0 Å². The smallest absolute Gasteiger partial charge is 0.407 e. The molecule has 3 aromatic carbocycles. The first-order valence-corrected chi connectivity index (χ1v) is 9.16. The average Bonchev–Trinajstić information content (AvgIpc) is 3.05. The highest BCUT2D eigenvalue weighted by Gasteiger charge is 2.29. The van der Waals surface area contributed by atoms with Gasteiger partial charge in [0.1, 0.15) is 12.4 Å². The molecule has 2 N–H and O–H groups in total. The highest BCUT2D eigenvalue weighted by atomic mass is 19.1. The summed E-state index contributed by atoms with van der Waals surface area (Å²) in [4.78, 5) is 12.3. The van der Waals surface area contributed by atoms with Gasteiger partial charge in [-0.1, -0.05) is 66.7 Å². The molecule has 4 rings (SSSR count). The van der Waals surface area contributed by atoms with Crippen molar-refractivity contribution in [1.82, 2.24) is 5.32 Å². The maximum Gasteiger partial charge on any atom is 0.407 e. The lowest BCUT2D eigenvalue weighted by Crippen LogP contribution is -2.32. The molecular weight excluding hydrogens is 357 g/mol. The van der Waals surface area contributed by atoms with Crippen LogP contribution < -0.4 is 5.32 Å². The number of halogens is 1. The molecule has 0 aromatic heterocycles. The van der Waals surface area contributed by atoms with Crippen LogP contribution in [0, 0.1) is 5.82 Å². The summed E-state index contributed by atoms with van der Waals surface area (Å²) in [5.74, 6) is -0.542. The van der Waals surface area contributed by atoms with Crippen LogP contribution >= 0.6 is 0 Å². The molecule has 0 radical (unpaired) electrons. The van der Waals surface area contributed by atoms with E-state index in [-0.39, 0.29) is 18.1 Å². The summed E-state index contributed by atoms with van der Waals surface area (Å²) in [5, 5.41) is 12.1. The Bertz CT molecular complexity index is 959. The molecule has 28 heavy (non-hydrogen) atoms. The molecule has 1 unspecified atom stereocenters. The van der Waals surface area contributed by atoms with E-state index in [0.717, 1.165) is 22.3 Å². The number of rotatable bonds is 5. The number of benzene rings is 3. The Morgan fingerprint density at radius 1 is 0.964 bits per heavy atom. The minimum atomic E-state index is -0.864. The fourth-order valence-corrected chi connectivity index (χ4v) is 3.76. The zero-order chi connectivity index (χ0) is 19.5. The number of carbonyl (C=O) groups is 1. The first-order chi connectivity index (χ1) is 13.7. The number of fused-ring (bicyclic) bond motifs is 3. The van der Waals surface area contributed by atoms with Crippen molar-refractivity contribution in [3.8, 4) is 11.1 Å². The molecule has 3 aromatic rings. The first-order valence-electron chi connectivity index (χ1n) is 9.16. The van der Waals surface area contributed by atoms with E-state index < -0.39 is 24.6 Å². The van der Waals surface area contributed by atoms with Gasteiger partial charge in [-0.05, 0) is 28.3 Å². The zero-order valence-corrected chi connectivity index (χ0v) is 15.1. The number of carbonyl (C=O) groups excluding carboxylic acids is 1. The van der Waals surface area contributed by atoms with Crippen LogP contribution in [0.15, 0.2) is 72.8 Å². The standard InChI is InChI=1S/C23H20FNO3/c24-21-12-6-5-11-19(21)22(13-26)25-23(27)28-14-20-17-9-3-1-7-15(17)16-8-2-4-10-18(16)20/h1-12,20,22,26H,13-14H2,(H,25,27). The Morgan fingerprint density at radius 3 is 2.14 bits per heavy atom. The van der Waals surface area contributed by atoms with Crippen molar-refractivity contribution in [2.45, 2.75) is 12.0 Å². The van der Waals surface area contributed by atoms with E-state index >= 15 is 0 Å². The van der Waals surface area contributed by atoms with Gasteiger partial charge in [-0.3, -0.25) is 0 Å². The second-order valence-corrected chi connectivity index (χ2v) is 6.73. The lowest BCUT2D eigenvalue weighted by atomic mass is 9.98. The van der Waals surface area contributed by atoms with E-state index in [9.17, 15) is 14.3 Å². The van der Waals surface area contributed by atoms with Crippen LogP contribution in [0.4, 0.5) is 9.18 Å². The highest BCUT2D eigenvalue weighted by molar-refractivity contribution is 5.79. The van der Waals surface area contributed by atoms with E-state index in [2.05, 4.69) is 17.4 Å². The van der Waals surface area contributed by atoms with E-state index in [1.165, 1.54) is 12.1 Å². The minimum absolute atomic E-state index is 0.0563. The van der Waals surface area contributed by atoms with Crippen LogP contribution in [0.2, 0.25) is 0 Å². The molecule has 1 amide bonds. The van der Waals surface area contributed by atoms with Crippen molar-refractivity contribution in [2.75, 3.05) is 13.2 Å². The number of nitrogens with one attached hydrogen (secondary N) is 1. The van der Waals surface area contributed by atoms with Crippen LogP contribution in [0.3, 0.4) is 0 Å². The van der Waals surface area contributed by atoms with Crippen molar-refractivity contribution < 1.29 is 19.0 Å². The van der Waals surface area contributed by atoms with Crippen molar-refractivity contribution in [3.05, 3.63) is 95.3 Å². The van der Waals surface area contributed by atoms with E-state index in [4.69, 9.17) is 4.74 Å². The maximum atomic E-state index is 13.9. The number of hydrogen-bond donors (Lipinski definition) is 2. The van der Waals surface area contributed by atoms with Crippen LogP contribution in [-0.4, -0.2) is 24.4 Å². The van der Waals surface area contributed by atoms with Gasteiger partial charge in [0.05, 0.1) is 12.6 Å². The van der Waals surface area contributed by atoms with Crippen LogP contribution in [-0.2, 0) is 4.74 Å². The van der Waals surface area contributed by atoms with E-state index in [0.29, 0.717) is 0 Å². The van der Waals surface area contributed by atoms with E-state index in [1.54, 1.807) is 12.1 Å². The quantitative estimate of drug-likeness (QED) is 0.693. The Hall–Kier alpha value is -3.18. The van der Waals surface area contributed by atoms with Gasteiger partial charge in [0.15, 0.2) is 0 Å². The number of hydrogen-bond acceptors (Lipinski definition) is 3. The molecule has 0 spiro atoms. The predicted octanol–water partition coefficient (Wildman–Crippen LogP) is 4.40. The third-order valence-electron chi connectivity index (χ3n) is 5.10. The minimum Gasteiger partial charge on any atom is -0.449 e. The normalized spacial score (nSPS) is 13.5. The summed E-state index contributed by atoms with van der Waals surface area (Å²) >= 11 is 0. The van der Waals surface area contributed by atoms with Gasteiger partial charge in [0, 0.05) is 11.5 Å². The van der Waals surface area contributed by atoms with Gasteiger partial charge in [-0.2, -0.15) is 0 Å². The first kappa shape index (κ1) is 18.2. The van der Waals surface area contributed by atoms with Crippen LogP contribution in [0.1, 0.15) is 28.7 Å². The van der Waals surface area contributed by atoms with Gasteiger partial charge in [0.2, 0.25) is 0 Å². The molecule has 5 heteroatoms. The molecule has 0 aliphatic heterocycles. The molecule has 1 aliphatic rings. The summed E-state index contributed by atoms with van der Waals surface area (Å²) in [6.07, 6.45) is -0.691. The number of alkyl carbamates (subject to hydrolysis) is 1. The molecule has 1 aliphatic carbocycles. The molecule has 0 bridgehead atoms. The second kappa shape index (κ2) is 7.82. The SMILES string of the molecule is O=C(NC(CO)c1ccccc1F)OCC1c2ccccc2-c2ccccc21. The Morgan fingerprint density at radius 2 is 1.54 bits per heavy atom. The van der Waals surface area contributed by atoms with Gasteiger partial charge in [-0.15, -0.1) is 0 Å². The van der Waals surface area contributed by atoms with Gasteiger partial charge < -0.3 is 15.2 Å². The zero-order valence-electron chi connectivity index (χ0n) is 15.1. The summed E-state index contributed by atoms with van der Waals surface area (Å²) in [6.45, 7) is -0.263. The molecule has 1 atom stereocenters. The Balaban J connectivity index is 1.47. The maximum absolute atomic E-state index is 13.9. The molecule has 0 saturated carbocycles. The summed E-state index contributed by atoms with van der Waals surface area (Å²) in [7, 11) is 0. The summed E-state index contributed by atoms with van der Waals surface area (Å²) in [5.41, 5.74) is 4.74. The largest absolute Gasteiger partial charge is 0.449 e. The van der Waals surface area contributed by atoms with Crippen molar-refractivity contribution in [1.29, 1.82) is 0 Å². The number of aliphatic hydroxyl groups is 1. The topological polar surface area (TPSA) is 58.6 Å². The molecule has 0 fully saturated rings. The molecule has 4 nitrogen and oxygen atoms in total. The fraction of sp³-hybridized carbons (Fsp3) is 0.174.